The molecule has 2 saturated heterocycles. The number of aromatic nitrogens is 2. The number of amides is 3. The highest BCUT2D eigenvalue weighted by molar-refractivity contribution is 6.07. The van der Waals surface area contributed by atoms with E-state index in [1.165, 1.54) is 0 Å². The summed E-state index contributed by atoms with van der Waals surface area (Å²) in [5, 5.41) is 12.1. The van der Waals surface area contributed by atoms with Crippen molar-refractivity contribution in [3.63, 3.8) is 0 Å². The van der Waals surface area contributed by atoms with Crippen molar-refractivity contribution in [2.24, 2.45) is 5.92 Å². The molecule has 8 nitrogen and oxygen atoms in total. The van der Waals surface area contributed by atoms with Gasteiger partial charge in [0.2, 0.25) is 0 Å². The number of hydrogen-bond donors (Lipinski definition) is 3. The van der Waals surface area contributed by atoms with E-state index in [1.54, 1.807) is 6.20 Å². The summed E-state index contributed by atoms with van der Waals surface area (Å²) in [6.07, 6.45) is 4.05. The first-order chi connectivity index (χ1) is 12.6. The molecule has 1 atom stereocenters. The molecule has 0 spiro atoms. The summed E-state index contributed by atoms with van der Waals surface area (Å²) in [6, 6.07) is 5.43. The maximum absolute atomic E-state index is 12.3. The van der Waals surface area contributed by atoms with E-state index < -0.39 is 5.54 Å². The fraction of sp³-hybridized carbons (Fsp3) is 0.500. The number of imide groups is 1. The monoisotopic (exact) mass is 357 g/mol. The van der Waals surface area contributed by atoms with Crippen molar-refractivity contribution in [2.75, 3.05) is 13.1 Å². The van der Waals surface area contributed by atoms with Gasteiger partial charge in [-0.15, -0.1) is 0 Å². The molecule has 2 aromatic rings. The van der Waals surface area contributed by atoms with Gasteiger partial charge in [0.15, 0.2) is 5.76 Å². The molecule has 26 heavy (non-hydrogen) atoms. The summed E-state index contributed by atoms with van der Waals surface area (Å²) in [7, 11) is 0. The highest BCUT2D eigenvalue weighted by Gasteiger charge is 2.50. The molecule has 0 unspecified atom stereocenters. The molecule has 2 aromatic heterocycles. The van der Waals surface area contributed by atoms with Crippen molar-refractivity contribution in [3.8, 4) is 11.5 Å². The minimum atomic E-state index is -0.748. The molecule has 4 heterocycles. The Bertz CT molecular complexity index is 792. The van der Waals surface area contributed by atoms with Crippen LogP contribution in [0.1, 0.15) is 31.9 Å². The number of rotatable bonds is 5. The lowest BCUT2D eigenvalue weighted by Crippen LogP contribution is -2.55. The van der Waals surface area contributed by atoms with Gasteiger partial charge in [0, 0.05) is 6.20 Å². The SMILES string of the molecule is CC[C@@]1(C2CCN(Cc3ccc(-c4ccn[nH]4)o3)CC2)NC(=O)NC1=O. The van der Waals surface area contributed by atoms with Gasteiger partial charge in [0.25, 0.3) is 5.91 Å². The summed E-state index contributed by atoms with van der Waals surface area (Å²) in [6.45, 7) is 4.43. The topological polar surface area (TPSA) is 103 Å². The Balaban J connectivity index is 1.37. The zero-order chi connectivity index (χ0) is 18.1. The van der Waals surface area contributed by atoms with E-state index in [0.717, 1.165) is 49.7 Å². The zero-order valence-electron chi connectivity index (χ0n) is 14.7. The average Bonchev–Trinajstić information content (AvgIpc) is 3.36. The Kier molecular flexibility index (Phi) is 4.28. The first-order valence-electron chi connectivity index (χ1n) is 9.05. The fourth-order valence-electron chi connectivity index (χ4n) is 4.14. The Hall–Kier alpha value is -2.61. The third-order valence-corrected chi connectivity index (χ3v) is 5.62. The van der Waals surface area contributed by atoms with Gasteiger partial charge in [-0.2, -0.15) is 5.10 Å². The van der Waals surface area contributed by atoms with E-state index >= 15 is 0 Å². The highest BCUT2D eigenvalue weighted by atomic mass is 16.3. The number of urea groups is 1. The molecule has 138 valence electrons. The molecular weight excluding hydrogens is 334 g/mol. The smallest absolute Gasteiger partial charge is 0.322 e. The van der Waals surface area contributed by atoms with Crippen LogP contribution in [-0.4, -0.2) is 45.7 Å². The molecule has 0 saturated carbocycles. The van der Waals surface area contributed by atoms with Crippen LogP contribution >= 0.6 is 0 Å². The number of nitrogens with zero attached hydrogens (tertiary/aromatic N) is 2. The molecular formula is C18H23N5O3. The lowest BCUT2D eigenvalue weighted by atomic mass is 9.76. The summed E-state index contributed by atoms with van der Waals surface area (Å²) < 4.78 is 5.90. The highest BCUT2D eigenvalue weighted by Crippen LogP contribution is 2.34. The van der Waals surface area contributed by atoms with Crippen molar-refractivity contribution in [1.29, 1.82) is 0 Å². The zero-order valence-corrected chi connectivity index (χ0v) is 14.7. The van der Waals surface area contributed by atoms with Gasteiger partial charge in [-0.05, 0) is 56.5 Å². The molecule has 2 aliphatic rings. The Morgan fingerprint density at radius 2 is 2.08 bits per heavy atom. The second-order valence-electron chi connectivity index (χ2n) is 7.02. The number of hydrogen-bond acceptors (Lipinski definition) is 5. The normalized spacial score (nSPS) is 24.7. The van der Waals surface area contributed by atoms with E-state index in [-0.39, 0.29) is 17.9 Å². The van der Waals surface area contributed by atoms with Crippen LogP contribution < -0.4 is 10.6 Å². The predicted octanol–water partition coefficient (Wildman–Crippen LogP) is 1.87. The predicted molar refractivity (Wildman–Crippen MR) is 94.0 cm³/mol. The van der Waals surface area contributed by atoms with Gasteiger partial charge >= 0.3 is 6.03 Å². The minimum absolute atomic E-state index is 0.160. The third-order valence-electron chi connectivity index (χ3n) is 5.62. The summed E-state index contributed by atoms with van der Waals surface area (Å²) >= 11 is 0. The third kappa shape index (κ3) is 2.90. The summed E-state index contributed by atoms with van der Waals surface area (Å²) in [4.78, 5) is 26.2. The standard InChI is InChI=1S/C18H23N5O3/c1-2-18(16(24)20-17(25)21-18)12-6-9-23(10-7-12)11-13-3-4-15(26-13)14-5-8-19-22-14/h3-5,8,12H,2,6-7,9-11H2,1H3,(H,19,22)(H2,20,21,24,25)/t18-/m0/s1. The lowest BCUT2D eigenvalue weighted by Gasteiger charge is -2.40. The van der Waals surface area contributed by atoms with Crippen LogP contribution in [0.5, 0.6) is 0 Å². The number of aromatic amines is 1. The quantitative estimate of drug-likeness (QED) is 0.709. The van der Waals surface area contributed by atoms with E-state index in [2.05, 4.69) is 25.7 Å². The number of H-pyrrole nitrogens is 1. The molecule has 3 amide bonds. The van der Waals surface area contributed by atoms with Crippen LogP contribution in [0.4, 0.5) is 4.79 Å². The van der Waals surface area contributed by atoms with Crippen molar-refractivity contribution >= 4 is 11.9 Å². The van der Waals surface area contributed by atoms with Crippen LogP contribution in [0.3, 0.4) is 0 Å². The second-order valence-corrected chi connectivity index (χ2v) is 7.02. The summed E-state index contributed by atoms with van der Waals surface area (Å²) in [5.74, 6) is 1.67. The number of carbonyl (C=O) groups excluding carboxylic acids is 2. The van der Waals surface area contributed by atoms with Crippen LogP contribution in [-0.2, 0) is 11.3 Å². The first-order valence-corrected chi connectivity index (χ1v) is 9.05. The lowest BCUT2D eigenvalue weighted by molar-refractivity contribution is -0.126. The number of carbonyl (C=O) groups is 2. The Labute approximate surface area is 151 Å². The molecule has 3 N–H and O–H groups in total. The van der Waals surface area contributed by atoms with Crippen LogP contribution in [0, 0.1) is 5.92 Å². The second kappa shape index (κ2) is 6.60. The maximum Gasteiger partial charge on any atom is 0.322 e. The van der Waals surface area contributed by atoms with Gasteiger partial charge in [0.05, 0.1) is 6.54 Å². The van der Waals surface area contributed by atoms with Crippen molar-refractivity contribution < 1.29 is 14.0 Å². The van der Waals surface area contributed by atoms with E-state index in [0.29, 0.717) is 6.42 Å². The molecule has 8 heteroatoms. The molecule has 4 rings (SSSR count). The Morgan fingerprint density at radius 1 is 1.27 bits per heavy atom. The van der Waals surface area contributed by atoms with E-state index in [4.69, 9.17) is 4.42 Å². The van der Waals surface area contributed by atoms with E-state index in [9.17, 15) is 9.59 Å². The molecule has 2 aliphatic heterocycles. The number of nitrogens with one attached hydrogen (secondary N) is 3. The molecule has 0 aromatic carbocycles. The Morgan fingerprint density at radius 3 is 2.69 bits per heavy atom. The van der Waals surface area contributed by atoms with Crippen molar-refractivity contribution in [2.45, 2.75) is 38.3 Å². The van der Waals surface area contributed by atoms with Gasteiger partial charge in [-0.25, -0.2) is 4.79 Å². The van der Waals surface area contributed by atoms with Crippen molar-refractivity contribution in [3.05, 3.63) is 30.2 Å². The van der Waals surface area contributed by atoms with Gasteiger partial charge in [0.1, 0.15) is 17.0 Å². The van der Waals surface area contributed by atoms with Gasteiger partial charge in [-0.3, -0.25) is 20.1 Å². The van der Waals surface area contributed by atoms with Crippen LogP contribution in [0.25, 0.3) is 11.5 Å². The van der Waals surface area contributed by atoms with Crippen molar-refractivity contribution in [1.82, 2.24) is 25.7 Å². The molecule has 2 fully saturated rings. The molecule has 0 aliphatic carbocycles. The number of furan rings is 1. The fourth-order valence-corrected chi connectivity index (χ4v) is 4.14. The largest absolute Gasteiger partial charge is 0.458 e. The van der Waals surface area contributed by atoms with E-state index in [1.807, 2.05) is 25.1 Å². The number of likely N-dealkylation sites (tertiary alicyclic amines) is 1. The first kappa shape index (κ1) is 16.8. The maximum atomic E-state index is 12.3. The molecule has 0 radical (unpaired) electrons. The van der Waals surface area contributed by atoms with Crippen LogP contribution in [0.2, 0.25) is 0 Å². The average molecular weight is 357 g/mol. The molecule has 0 bridgehead atoms. The van der Waals surface area contributed by atoms with Gasteiger partial charge in [-0.1, -0.05) is 6.92 Å². The van der Waals surface area contributed by atoms with Gasteiger partial charge < -0.3 is 9.73 Å². The number of piperidine rings is 1. The van der Waals surface area contributed by atoms with Crippen LogP contribution in [0.15, 0.2) is 28.8 Å². The minimum Gasteiger partial charge on any atom is -0.458 e. The summed E-state index contributed by atoms with van der Waals surface area (Å²) in [5.41, 5.74) is 0.115.